The number of hydrogen-bond donors (Lipinski definition) is 0. The van der Waals surface area contributed by atoms with Gasteiger partial charge in [0.2, 0.25) is 5.91 Å². The van der Waals surface area contributed by atoms with Gasteiger partial charge in [0.1, 0.15) is 0 Å². The second-order valence-electron chi connectivity index (χ2n) is 5.51. The van der Waals surface area contributed by atoms with Crippen LogP contribution in [0.5, 0.6) is 0 Å². The molecule has 0 spiro atoms. The maximum absolute atomic E-state index is 12.6. The van der Waals surface area contributed by atoms with Crippen molar-refractivity contribution in [2.75, 3.05) is 0 Å². The molecule has 22 heavy (non-hydrogen) atoms. The predicted molar refractivity (Wildman–Crippen MR) is 83.6 cm³/mol. The van der Waals surface area contributed by atoms with Crippen molar-refractivity contribution in [3.8, 4) is 0 Å². The largest absolute Gasteiger partial charge is 0.274 e. The van der Waals surface area contributed by atoms with Gasteiger partial charge in [-0.1, -0.05) is 44.0 Å². The Balaban J connectivity index is 2.02. The fourth-order valence-corrected chi connectivity index (χ4v) is 2.90. The number of carbonyl (C=O) groups excluding carboxylic acids is 3. The lowest BCUT2D eigenvalue weighted by Crippen LogP contribution is -2.44. The molecule has 0 aromatic heterocycles. The van der Waals surface area contributed by atoms with Gasteiger partial charge in [-0.25, -0.2) is 4.90 Å². The van der Waals surface area contributed by atoms with E-state index in [0.717, 1.165) is 23.1 Å². The molecule has 112 valence electrons. The maximum atomic E-state index is 12.6. The van der Waals surface area contributed by atoms with Crippen LogP contribution in [0.15, 0.2) is 36.4 Å². The highest BCUT2D eigenvalue weighted by molar-refractivity contribution is 6.31. The molecule has 3 rings (SSSR count). The van der Waals surface area contributed by atoms with Crippen molar-refractivity contribution in [2.24, 2.45) is 0 Å². The zero-order chi connectivity index (χ0) is 15.7. The van der Waals surface area contributed by atoms with E-state index in [1.165, 1.54) is 0 Å². The molecule has 2 aromatic carbocycles. The first-order valence-corrected chi connectivity index (χ1v) is 7.58. The normalized spacial score (nSPS) is 13.8. The molecule has 0 radical (unpaired) electrons. The first kappa shape index (κ1) is 14.4. The summed E-state index contributed by atoms with van der Waals surface area (Å²) in [4.78, 5) is 38.3. The first-order chi connectivity index (χ1) is 10.6. The van der Waals surface area contributed by atoms with Crippen LogP contribution in [0.4, 0.5) is 0 Å². The van der Waals surface area contributed by atoms with Crippen LogP contribution in [0.25, 0.3) is 10.8 Å². The minimum atomic E-state index is -0.504. The summed E-state index contributed by atoms with van der Waals surface area (Å²) in [5, 5.41) is 1.49. The topological polar surface area (TPSA) is 54.5 Å². The number of imide groups is 3. The Bertz CT molecular complexity index is 728. The van der Waals surface area contributed by atoms with E-state index in [-0.39, 0.29) is 6.42 Å². The van der Waals surface area contributed by atoms with Gasteiger partial charge in [0, 0.05) is 22.9 Å². The van der Waals surface area contributed by atoms with Crippen molar-refractivity contribution in [2.45, 2.75) is 32.6 Å². The Morgan fingerprint density at radius 1 is 0.955 bits per heavy atom. The highest BCUT2D eigenvalue weighted by Gasteiger charge is 2.36. The summed E-state index contributed by atoms with van der Waals surface area (Å²) in [5.74, 6) is -1.42. The Hall–Kier alpha value is -2.49. The lowest BCUT2D eigenvalue weighted by atomic mass is 9.94. The first-order valence-electron chi connectivity index (χ1n) is 7.58. The van der Waals surface area contributed by atoms with Gasteiger partial charge in [-0.15, -0.1) is 0 Å². The SMILES string of the molecule is CCCCCC(=O)N1C(=O)c2cccc3cccc(c23)C1=O. The van der Waals surface area contributed by atoms with Gasteiger partial charge in [-0.2, -0.15) is 0 Å². The zero-order valence-electron chi connectivity index (χ0n) is 12.5. The molecule has 1 aliphatic heterocycles. The molecule has 4 nitrogen and oxygen atoms in total. The molecule has 1 heterocycles. The Morgan fingerprint density at radius 3 is 2.09 bits per heavy atom. The molecule has 2 aromatic rings. The van der Waals surface area contributed by atoms with Crippen LogP contribution in [0.3, 0.4) is 0 Å². The van der Waals surface area contributed by atoms with E-state index in [9.17, 15) is 14.4 Å². The van der Waals surface area contributed by atoms with Crippen LogP contribution in [-0.4, -0.2) is 22.6 Å². The van der Waals surface area contributed by atoms with Gasteiger partial charge < -0.3 is 0 Å². The van der Waals surface area contributed by atoms with E-state index < -0.39 is 17.7 Å². The number of nitrogens with zero attached hydrogens (tertiary/aromatic N) is 1. The molecular weight excluding hydrogens is 278 g/mol. The van der Waals surface area contributed by atoms with Crippen molar-refractivity contribution in [1.29, 1.82) is 0 Å². The third-order valence-electron chi connectivity index (χ3n) is 4.02. The van der Waals surface area contributed by atoms with Crippen molar-refractivity contribution in [1.82, 2.24) is 4.90 Å². The number of unbranched alkanes of at least 4 members (excludes halogenated alkanes) is 2. The second kappa shape index (κ2) is 5.72. The van der Waals surface area contributed by atoms with E-state index in [1.807, 2.05) is 19.1 Å². The van der Waals surface area contributed by atoms with Crippen LogP contribution in [0.2, 0.25) is 0 Å². The van der Waals surface area contributed by atoms with Gasteiger partial charge >= 0.3 is 0 Å². The quantitative estimate of drug-likeness (QED) is 0.640. The molecular formula is C18H17NO3. The van der Waals surface area contributed by atoms with Gasteiger partial charge in [0.05, 0.1) is 0 Å². The summed E-state index contributed by atoms with van der Waals surface area (Å²) in [7, 11) is 0. The number of hydrogen-bond acceptors (Lipinski definition) is 3. The molecule has 0 atom stereocenters. The summed E-state index contributed by atoms with van der Waals surface area (Å²) in [6.07, 6.45) is 2.81. The van der Waals surface area contributed by atoms with Gasteiger partial charge in [-0.3, -0.25) is 14.4 Å². The van der Waals surface area contributed by atoms with E-state index in [4.69, 9.17) is 0 Å². The standard InChI is InChI=1S/C18H17NO3/c1-2-3-4-11-15(20)19-17(21)13-9-5-7-12-8-6-10-14(16(12)13)18(19)22/h5-10H,2-4,11H2,1H3. The molecule has 0 N–H and O–H groups in total. The Morgan fingerprint density at radius 2 is 1.55 bits per heavy atom. The number of amides is 3. The number of benzene rings is 2. The van der Waals surface area contributed by atoms with Crippen LogP contribution in [0, 0.1) is 0 Å². The summed E-state index contributed by atoms with van der Waals surface area (Å²) in [5.41, 5.74) is 0.855. The van der Waals surface area contributed by atoms with Crippen molar-refractivity contribution in [3.05, 3.63) is 47.5 Å². The molecule has 0 aliphatic carbocycles. The van der Waals surface area contributed by atoms with Gasteiger partial charge in [0.15, 0.2) is 0 Å². The number of carbonyl (C=O) groups is 3. The predicted octanol–water partition coefficient (Wildman–Crippen LogP) is 3.54. The molecule has 0 saturated heterocycles. The van der Waals surface area contributed by atoms with Crippen molar-refractivity contribution < 1.29 is 14.4 Å². The van der Waals surface area contributed by atoms with E-state index >= 15 is 0 Å². The minimum absolute atomic E-state index is 0.226. The minimum Gasteiger partial charge on any atom is -0.274 e. The monoisotopic (exact) mass is 295 g/mol. The molecule has 0 fully saturated rings. The van der Waals surface area contributed by atoms with Crippen LogP contribution >= 0.6 is 0 Å². The molecule has 0 unspecified atom stereocenters. The van der Waals surface area contributed by atoms with Crippen molar-refractivity contribution in [3.63, 3.8) is 0 Å². The highest BCUT2D eigenvalue weighted by Crippen LogP contribution is 2.30. The van der Waals surface area contributed by atoms with Crippen LogP contribution in [0.1, 0.15) is 53.3 Å². The lowest BCUT2D eigenvalue weighted by molar-refractivity contribution is -0.126. The molecule has 4 heteroatoms. The van der Waals surface area contributed by atoms with Crippen LogP contribution in [-0.2, 0) is 4.79 Å². The Kier molecular flexibility index (Phi) is 3.75. The summed E-state index contributed by atoms with van der Waals surface area (Å²) in [6.45, 7) is 2.04. The molecule has 0 bridgehead atoms. The fraction of sp³-hybridized carbons (Fsp3) is 0.278. The molecule has 1 aliphatic rings. The summed E-state index contributed by atoms with van der Waals surface area (Å²) in [6, 6.07) is 10.6. The average Bonchev–Trinajstić information content (AvgIpc) is 2.53. The third-order valence-corrected chi connectivity index (χ3v) is 4.02. The van der Waals surface area contributed by atoms with E-state index in [2.05, 4.69) is 0 Å². The number of rotatable bonds is 4. The van der Waals surface area contributed by atoms with E-state index in [1.54, 1.807) is 24.3 Å². The smallest absolute Gasteiger partial charge is 0.268 e. The summed E-state index contributed by atoms with van der Waals surface area (Å²) < 4.78 is 0. The molecule has 0 saturated carbocycles. The van der Waals surface area contributed by atoms with E-state index in [0.29, 0.717) is 22.9 Å². The third kappa shape index (κ3) is 2.21. The van der Waals surface area contributed by atoms with Gasteiger partial charge in [0.25, 0.3) is 11.8 Å². The van der Waals surface area contributed by atoms with Crippen molar-refractivity contribution >= 4 is 28.5 Å². The summed E-state index contributed by atoms with van der Waals surface area (Å²) >= 11 is 0. The molecule has 3 amide bonds. The van der Waals surface area contributed by atoms with Gasteiger partial charge in [-0.05, 0) is 23.9 Å². The second-order valence-corrected chi connectivity index (χ2v) is 5.51. The average molecular weight is 295 g/mol. The maximum Gasteiger partial charge on any atom is 0.268 e. The fourth-order valence-electron chi connectivity index (χ4n) is 2.90. The highest BCUT2D eigenvalue weighted by atomic mass is 16.2. The lowest BCUT2D eigenvalue weighted by Gasteiger charge is -2.25. The Labute approximate surface area is 128 Å². The van der Waals surface area contributed by atoms with Crippen LogP contribution < -0.4 is 0 Å². The zero-order valence-corrected chi connectivity index (χ0v) is 12.5.